The number of nitrogens with two attached hydrogens (primary N) is 1. The molecule has 0 spiro atoms. The molecule has 3 N–H and O–H groups in total. The first kappa shape index (κ1) is 13.9. The van der Waals surface area contributed by atoms with Gasteiger partial charge in [-0.3, -0.25) is 0 Å². The second kappa shape index (κ2) is 6.57. The lowest BCUT2D eigenvalue weighted by Gasteiger charge is -2.15. The first-order chi connectivity index (χ1) is 8.04. The van der Waals surface area contributed by atoms with Crippen LogP contribution < -0.4 is 10.5 Å². The summed E-state index contributed by atoms with van der Waals surface area (Å²) in [6, 6.07) is 4.72. The minimum atomic E-state index is -0.571. The van der Waals surface area contributed by atoms with Gasteiger partial charge in [0.1, 0.15) is 18.2 Å². The zero-order valence-corrected chi connectivity index (χ0v) is 10.3. The minimum Gasteiger partial charge on any atom is -0.491 e. The number of ether oxygens (including phenoxy) is 1. The molecule has 0 bridgehead atoms. The van der Waals surface area contributed by atoms with E-state index in [1.165, 1.54) is 6.07 Å². The van der Waals surface area contributed by atoms with Crippen molar-refractivity contribution in [2.75, 3.05) is 13.2 Å². The zero-order chi connectivity index (χ0) is 12.8. The normalized spacial score (nSPS) is 14.4. The molecular formula is C13H20FNO2. The molecule has 0 saturated heterocycles. The van der Waals surface area contributed by atoms with Crippen molar-refractivity contribution in [3.63, 3.8) is 0 Å². The Bertz CT molecular complexity index is 355. The van der Waals surface area contributed by atoms with Gasteiger partial charge in [0.05, 0.1) is 6.10 Å². The van der Waals surface area contributed by atoms with Crippen LogP contribution in [0.25, 0.3) is 0 Å². The quantitative estimate of drug-likeness (QED) is 0.797. The second-order valence-electron chi connectivity index (χ2n) is 4.42. The molecule has 0 amide bonds. The van der Waals surface area contributed by atoms with Crippen molar-refractivity contribution in [1.29, 1.82) is 0 Å². The van der Waals surface area contributed by atoms with Crippen molar-refractivity contribution < 1.29 is 14.2 Å². The summed E-state index contributed by atoms with van der Waals surface area (Å²) in [6.45, 7) is 4.25. The first-order valence-corrected chi connectivity index (χ1v) is 5.83. The molecule has 2 unspecified atom stereocenters. The Balaban J connectivity index is 2.84. The SMILES string of the molecule is CC(O)COc1cccc(F)c1CC(C)CN. The maximum Gasteiger partial charge on any atom is 0.130 e. The van der Waals surface area contributed by atoms with E-state index < -0.39 is 6.10 Å². The molecule has 3 nitrogen and oxygen atoms in total. The lowest BCUT2D eigenvalue weighted by molar-refractivity contribution is 0.121. The second-order valence-corrected chi connectivity index (χ2v) is 4.42. The zero-order valence-electron chi connectivity index (χ0n) is 10.3. The summed E-state index contributed by atoms with van der Waals surface area (Å²) in [5.41, 5.74) is 6.07. The fourth-order valence-electron chi connectivity index (χ4n) is 1.51. The average molecular weight is 241 g/mol. The maximum absolute atomic E-state index is 13.7. The van der Waals surface area contributed by atoms with Gasteiger partial charge in [-0.2, -0.15) is 0 Å². The number of benzene rings is 1. The van der Waals surface area contributed by atoms with Crippen molar-refractivity contribution in [1.82, 2.24) is 0 Å². The van der Waals surface area contributed by atoms with Gasteiger partial charge in [-0.05, 0) is 37.9 Å². The van der Waals surface area contributed by atoms with Crippen LogP contribution in [-0.2, 0) is 6.42 Å². The summed E-state index contributed by atoms with van der Waals surface area (Å²) in [5.74, 6) is 0.403. The molecule has 0 aliphatic heterocycles. The molecular weight excluding hydrogens is 221 g/mol. The van der Waals surface area contributed by atoms with Crippen LogP contribution in [-0.4, -0.2) is 24.4 Å². The van der Waals surface area contributed by atoms with Gasteiger partial charge in [0.25, 0.3) is 0 Å². The van der Waals surface area contributed by atoms with Crippen LogP contribution in [0.15, 0.2) is 18.2 Å². The molecule has 96 valence electrons. The molecule has 1 rings (SSSR count). The monoisotopic (exact) mass is 241 g/mol. The molecule has 0 aliphatic carbocycles. The van der Waals surface area contributed by atoms with Crippen molar-refractivity contribution in [2.24, 2.45) is 11.7 Å². The van der Waals surface area contributed by atoms with Gasteiger partial charge in [-0.15, -0.1) is 0 Å². The van der Waals surface area contributed by atoms with Crippen molar-refractivity contribution in [3.05, 3.63) is 29.6 Å². The molecule has 0 radical (unpaired) electrons. The smallest absolute Gasteiger partial charge is 0.130 e. The predicted octanol–water partition coefficient (Wildman–Crippen LogP) is 1.72. The van der Waals surface area contributed by atoms with E-state index in [9.17, 15) is 4.39 Å². The van der Waals surface area contributed by atoms with Gasteiger partial charge in [0, 0.05) is 5.56 Å². The lowest BCUT2D eigenvalue weighted by Crippen LogP contribution is -2.17. The Hall–Kier alpha value is -1.13. The van der Waals surface area contributed by atoms with Crippen LogP contribution in [0, 0.1) is 11.7 Å². The maximum atomic E-state index is 13.7. The Morgan fingerprint density at radius 3 is 2.71 bits per heavy atom. The highest BCUT2D eigenvalue weighted by atomic mass is 19.1. The first-order valence-electron chi connectivity index (χ1n) is 5.83. The van der Waals surface area contributed by atoms with E-state index in [2.05, 4.69) is 0 Å². The number of hydrogen-bond donors (Lipinski definition) is 2. The van der Waals surface area contributed by atoms with Crippen molar-refractivity contribution in [2.45, 2.75) is 26.4 Å². The van der Waals surface area contributed by atoms with Crippen LogP contribution in [0.5, 0.6) is 5.75 Å². The summed E-state index contributed by atoms with van der Waals surface area (Å²) in [7, 11) is 0. The standard InChI is InChI=1S/C13H20FNO2/c1-9(7-15)6-11-12(14)4-3-5-13(11)17-8-10(2)16/h3-5,9-10,16H,6-8,15H2,1-2H3. The molecule has 17 heavy (non-hydrogen) atoms. The number of aliphatic hydroxyl groups is 1. The van der Waals surface area contributed by atoms with Gasteiger partial charge >= 0.3 is 0 Å². The molecule has 1 aromatic carbocycles. The largest absolute Gasteiger partial charge is 0.491 e. The average Bonchev–Trinajstić information content (AvgIpc) is 2.29. The number of halogens is 1. The predicted molar refractivity (Wildman–Crippen MR) is 65.5 cm³/mol. The lowest BCUT2D eigenvalue weighted by atomic mass is 10.00. The Morgan fingerprint density at radius 1 is 1.41 bits per heavy atom. The third-order valence-electron chi connectivity index (χ3n) is 2.51. The van der Waals surface area contributed by atoms with Crippen LogP contribution in [0.3, 0.4) is 0 Å². The third-order valence-corrected chi connectivity index (χ3v) is 2.51. The number of aliphatic hydroxyl groups excluding tert-OH is 1. The van der Waals surface area contributed by atoms with Crippen LogP contribution >= 0.6 is 0 Å². The van der Waals surface area contributed by atoms with E-state index in [1.807, 2.05) is 6.92 Å². The van der Waals surface area contributed by atoms with E-state index in [4.69, 9.17) is 15.6 Å². The van der Waals surface area contributed by atoms with E-state index >= 15 is 0 Å². The summed E-state index contributed by atoms with van der Waals surface area (Å²) >= 11 is 0. The minimum absolute atomic E-state index is 0.160. The Labute approximate surface area is 101 Å². The van der Waals surface area contributed by atoms with Crippen molar-refractivity contribution >= 4 is 0 Å². The summed E-state index contributed by atoms with van der Waals surface area (Å²) in [5, 5.41) is 9.16. The highest BCUT2D eigenvalue weighted by Crippen LogP contribution is 2.24. The Kier molecular flexibility index (Phi) is 5.38. The molecule has 0 aromatic heterocycles. The third kappa shape index (κ3) is 4.32. The molecule has 0 saturated carbocycles. The fraction of sp³-hybridized carbons (Fsp3) is 0.538. The van der Waals surface area contributed by atoms with Gasteiger partial charge < -0.3 is 15.6 Å². The molecule has 0 fully saturated rings. The molecule has 0 heterocycles. The van der Waals surface area contributed by atoms with Crippen LogP contribution in [0.2, 0.25) is 0 Å². The Morgan fingerprint density at radius 2 is 2.12 bits per heavy atom. The molecule has 0 aliphatic rings. The van der Waals surface area contributed by atoms with Gasteiger partial charge in [0.2, 0.25) is 0 Å². The summed E-state index contributed by atoms with van der Waals surface area (Å²) in [4.78, 5) is 0. The molecule has 1 aromatic rings. The van der Waals surface area contributed by atoms with E-state index in [0.717, 1.165) is 0 Å². The van der Waals surface area contributed by atoms with E-state index in [1.54, 1.807) is 19.1 Å². The topological polar surface area (TPSA) is 55.5 Å². The summed E-state index contributed by atoms with van der Waals surface area (Å²) in [6.07, 6.45) is -0.0313. The molecule has 2 atom stereocenters. The van der Waals surface area contributed by atoms with Crippen molar-refractivity contribution in [3.8, 4) is 5.75 Å². The van der Waals surface area contributed by atoms with E-state index in [-0.39, 0.29) is 18.3 Å². The summed E-state index contributed by atoms with van der Waals surface area (Å²) < 4.78 is 19.1. The fourth-order valence-corrected chi connectivity index (χ4v) is 1.51. The molecule has 4 heteroatoms. The highest BCUT2D eigenvalue weighted by Gasteiger charge is 2.13. The van der Waals surface area contributed by atoms with Gasteiger partial charge in [-0.25, -0.2) is 4.39 Å². The van der Waals surface area contributed by atoms with Crippen LogP contribution in [0.1, 0.15) is 19.4 Å². The van der Waals surface area contributed by atoms with Gasteiger partial charge in [-0.1, -0.05) is 13.0 Å². The number of hydrogen-bond acceptors (Lipinski definition) is 3. The number of rotatable bonds is 6. The van der Waals surface area contributed by atoms with Gasteiger partial charge in [0.15, 0.2) is 0 Å². The highest BCUT2D eigenvalue weighted by molar-refractivity contribution is 5.35. The van der Waals surface area contributed by atoms with Crippen LogP contribution in [0.4, 0.5) is 4.39 Å². The van der Waals surface area contributed by atoms with E-state index in [0.29, 0.717) is 24.3 Å².